The topological polar surface area (TPSA) is 84.1 Å². The fourth-order valence-corrected chi connectivity index (χ4v) is 7.44. The van der Waals surface area contributed by atoms with Gasteiger partial charge in [-0.25, -0.2) is 0 Å². The van der Waals surface area contributed by atoms with E-state index in [0.29, 0.717) is 24.1 Å². The Morgan fingerprint density at radius 3 is 2.91 bits per heavy atom. The van der Waals surface area contributed by atoms with Crippen LogP contribution in [0, 0.1) is 28.6 Å². The normalized spacial score (nSPS) is 39.6. The number of hydrogen-bond donors (Lipinski definition) is 2. The first-order valence-corrected chi connectivity index (χ1v) is 12.3. The fraction of sp³-hybridized carbons (Fsp3) is 0.692. The molecule has 0 unspecified atom stereocenters. The summed E-state index contributed by atoms with van der Waals surface area (Å²) in [6, 6.07) is 3.62. The number of oxime groups is 1. The van der Waals surface area contributed by atoms with Crippen molar-refractivity contribution >= 4 is 11.6 Å². The Morgan fingerprint density at radius 2 is 2.09 bits per heavy atom. The van der Waals surface area contributed by atoms with Crippen LogP contribution in [0.2, 0.25) is 0 Å². The monoisotopic (exact) mass is 440 g/mol. The highest BCUT2D eigenvalue weighted by Gasteiger charge is 2.58. The van der Waals surface area contributed by atoms with Crippen molar-refractivity contribution in [1.29, 1.82) is 0 Å². The van der Waals surface area contributed by atoms with E-state index >= 15 is 0 Å². The minimum absolute atomic E-state index is 0.0854. The molecule has 5 rings (SSSR count). The largest absolute Gasteiger partial charge is 0.467 e. The molecule has 3 fully saturated rings. The van der Waals surface area contributed by atoms with E-state index < -0.39 is 0 Å². The van der Waals surface area contributed by atoms with E-state index in [0.717, 1.165) is 43.7 Å². The molecule has 0 saturated heterocycles. The Balaban J connectivity index is 1.20. The van der Waals surface area contributed by atoms with Crippen LogP contribution in [0.25, 0.3) is 0 Å². The van der Waals surface area contributed by atoms with E-state index in [2.05, 4.69) is 30.4 Å². The zero-order chi connectivity index (χ0) is 22.3. The van der Waals surface area contributed by atoms with Gasteiger partial charge in [-0.1, -0.05) is 24.6 Å². The van der Waals surface area contributed by atoms with Crippen molar-refractivity contribution in [2.45, 2.75) is 77.9 Å². The van der Waals surface area contributed by atoms with Gasteiger partial charge < -0.3 is 19.7 Å². The number of nitrogens with zero attached hydrogens (tertiary/aromatic N) is 1. The number of fused-ring (bicyclic) bond motifs is 5. The molecule has 4 aliphatic carbocycles. The number of rotatable bonds is 5. The second kappa shape index (κ2) is 8.36. The molecule has 32 heavy (non-hydrogen) atoms. The second-order valence-corrected chi connectivity index (χ2v) is 10.9. The molecular formula is C26H36N2O4. The number of aliphatic hydroxyl groups excluding tert-OH is 1. The summed E-state index contributed by atoms with van der Waals surface area (Å²) in [5, 5.41) is 17.7. The van der Waals surface area contributed by atoms with Gasteiger partial charge in [-0.3, -0.25) is 4.79 Å². The minimum Gasteiger partial charge on any atom is -0.467 e. The van der Waals surface area contributed by atoms with E-state index in [1.165, 1.54) is 24.8 Å². The van der Waals surface area contributed by atoms with Crippen LogP contribution < -0.4 is 5.32 Å². The SMILES string of the molecule is C[C@]12CC[C@H]3[C@@H](CCC4=C/C(=N/OCC(=O)NCc5ccco5)CC[C@@]43C)[C@@H]1CC[C@H]2O. The van der Waals surface area contributed by atoms with Gasteiger partial charge in [-0.05, 0) is 98.2 Å². The first-order chi connectivity index (χ1) is 15.4. The van der Waals surface area contributed by atoms with Crippen LogP contribution in [-0.4, -0.2) is 29.4 Å². The number of furan rings is 1. The number of allylic oxidation sites excluding steroid dienone is 2. The van der Waals surface area contributed by atoms with Gasteiger partial charge >= 0.3 is 0 Å². The molecule has 0 radical (unpaired) electrons. The molecule has 0 aromatic carbocycles. The molecule has 2 N–H and O–H groups in total. The first-order valence-electron chi connectivity index (χ1n) is 12.3. The Kier molecular flexibility index (Phi) is 5.68. The van der Waals surface area contributed by atoms with Crippen molar-refractivity contribution < 1.29 is 19.2 Å². The third-order valence-electron chi connectivity index (χ3n) is 9.34. The van der Waals surface area contributed by atoms with Crippen molar-refractivity contribution in [2.24, 2.45) is 33.7 Å². The molecule has 4 aliphatic rings. The predicted molar refractivity (Wildman–Crippen MR) is 122 cm³/mol. The van der Waals surface area contributed by atoms with Gasteiger partial charge in [-0.15, -0.1) is 0 Å². The Hall–Kier alpha value is -2.08. The summed E-state index contributed by atoms with van der Waals surface area (Å²) in [6.07, 6.45) is 12.6. The minimum atomic E-state index is -0.205. The van der Waals surface area contributed by atoms with Gasteiger partial charge in [0.05, 0.1) is 24.6 Å². The summed E-state index contributed by atoms with van der Waals surface area (Å²) in [5.41, 5.74) is 2.83. The molecule has 0 bridgehead atoms. The third kappa shape index (κ3) is 3.70. The number of carbonyl (C=O) groups excluding carboxylic acids is 1. The number of amides is 1. The van der Waals surface area contributed by atoms with Crippen molar-refractivity contribution in [1.82, 2.24) is 5.32 Å². The smallest absolute Gasteiger partial charge is 0.261 e. The maximum absolute atomic E-state index is 12.0. The molecule has 6 atom stereocenters. The van der Waals surface area contributed by atoms with E-state index in [-0.39, 0.29) is 29.4 Å². The summed E-state index contributed by atoms with van der Waals surface area (Å²) in [5.74, 6) is 2.63. The molecule has 1 aromatic heterocycles. The summed E-state index contributed by atoms with van der Waals surface area (Å²) < 4.78 is 5.21. The molecular weight excluding hydrogens is 404 g/mol. The Morgan fingerprint density at radius 1 is 1.22 bits per heavy atom. The van der Waals surface area contributed by atoms with Gasteiger partial charge in [0, 0.05) is 0 Å². The van der Waals surface area contributed by atoms with Gasteiger partial charge in [0.2, 0.25) is 0 Å². The standard InChI is InChI=1S/C26H36N2O4/c1-25-11-9-18(28-32-16-24(30)27-15-19-4-3-13-31-19)14-17(25)5-6-20-21-7-8-23(29)26(21,2)12-10-22(20)25/h3-4,13-14,20-23,29H,5-12,15-16H2,1-2H3,(H,27,30)/b28-18+/t20-,21-,22-,23+,25-,26-/m0/s1. The van der Waals surface area contributed by atoms with Crippen LogP contribution in [0.1, 0.15) is 71.0 Å². The summed E-state index contributed by atoms with van der Waals surface area (Å²) in [7, 11) is 0. The number of aliphatic hydroxyl groups is 1. The quantitative estimate of drug-likeness (QED) is 0.656. The number of nitrogens with one attached hydrogen (secondary N) is 1. The molecule has 1 amide bonds. The average Bonchev–Trinajstić information content (AvgIpc) is 3.40. The molecule has 0 aliphatic heterocycles. The van der Waals surface area contributed by atoms with Crippen LogP contribution in [-0.2, 0) is 16.2 Å². The molecule has 6 heteroatoms. The van der Waals surface area contributed by atoms with Gasteiger partial charge in [0.25, 0.3) is 5.91 Å². The number of hydrogen-bond acceptors (Lipinski definition) is 5. The second-order valence-electron chi connectivity index (χ2n) is 10.9. The van der Waals surface area contributed by atoms with E-state index in [4.69, 9.17) is 9.25 Å². The molecule has 6 nitrogen and oxygen atoms in total. The fourth-order valence-electron chi connectivity index (χ4n) is 7.44. The van der Waals surface area contributed by atoms with Crippen LogP contribution in [0.15, 0.2) is 39.6 Å². The lowest BCUT2D eigenvalue weighted by Crippen LogP contribution is -2.51. The molecule has 174 valence electrons. The molecule has 1 aromatic rings. The maximum atomic E-state index is 12.0. The van der Waals surface area contributed by atoms with Gasteiger partial charge in [0.1, 0.15) is 5.76 Å². The summed E-state index contributed by atoms with van der Waals surface area (Å²) >= 11 is 0. The lowest BCUT2D eigenvalue weighted by Gasteiger charge is -2.57. The van der Waals surface area contributed by atoms with Crippen molar-refractivity contribution in [3.63, 3.8) is 0 Å². The number of carbonyl (C=O) groups is 1. The maximum Gasteiger partial charge on any atom is 0.261 e. The summed E-state index contributed by atoms with van der Waals surface area (Å²) in [6.45, 7) is 5.07. The highest BCUT2D eigenvalue weighted by molar-refractivity contribution is 5.96. The molecule has 1 heterocycles. The highest BCUT2D eigenvalue weighted by Crippen LogP contribution is 2.65. The van der Waals surface area contributed by atoms with E-state index in [1.54, 1.807) is 12.3 Å². The van der Waals surface area contributed by atoms with Gasteiger partial charge in [-0.2, -0.15) is 0 Å². The lowest BCUT2D eigenvalue weighted by atomic mass is 9.47. The zero-order valence-electron chi connectivity index (χ0n) is 19.3. The first kappa shape index (κ1) is 21.7. The van der Waals surface area contributed by atoms with Crippen LogP contribution in [0.3, 0.4) is 0 Å². The van der Waals surface area contributed by atoms with Crippen LogP contribution in [0.4, 0.5) is 0 Å². The zero-order valence-corrected chi connectivity index (χ0v) is 19.3. The van der Waals surface area contributed by atoms with Crippen LogP contribution in [0.5, 0.6) is 0 Å². The van der Waals surface area contributed by atoms with Crippen molar-refractivity contribution in [3.05, 3.63) is 35.8 Å². The van der Waals surface area contributed by atoms with Crippen molar-refractivity contribution in [2.75, 3.05) is 6.61 Å². The van der Waals surface area contributed by atoms with Gasteiger partial charge in [0.15, 0.2) is 6.61 Å². The molecule has 0 spiro atoms. The van der Waals surface area contributed by atoms with E-state index in [9.17, 15) is 9.90 Å². The van der Waals surface area contributed by atoms with Crippen LogP contribution >= 0.6 is 0 Å². The highest BCUT2D eigenvalue weighted by atomic mass is 16.6. The van der Waals surface area contributed by atoms with Crippen molar-refractivity contribution in [3.8, 4) is 0 Å². The average molecular weight is 441 g/mol. The Labute approximate surface area is 190 Å². The lowest BCUT2D eigenvalue weighted by molar-refractivity contribution is -0.125. The third-order valence-corrected chi connectivity index (χ3v) is 9.34. The molecule has 3 saturated carbocycles. The van der Waals surface area contributed by atoms with E-state index in [1.807, 2.05) is 6.07 Å². The Bertz CT molecular complexity index is 907. The summed E-state index contributed by atoms with van der Waals surface area (Å²) in [4.78, 5) is 17.4. The predicted octanol–water partition coefficient (Wildman–Crippen LogP) is 4.59.